The molecule has 1 aliphatic heterocycles. The van der Waals surface area contributed by atoms with Crippen molar-refractivity contribution in [1.82, 2.24) is 4.90 Å². The first-order chi connectivity index (χ1) is 7.56. The van der Waals surface area contributed by atoms with Gasteiger partial charge in [0.05, 0.1) is 7.11 Å². The van der Waals surface area contributed by atoms with Gasteiger partial charge in [0.15, 0.2) is 0 Å². The average molecular weight is 292 g/mol. The largest absolute Gasteiger partial charge is 0.468 e. The molecule has 4 heteroatoms. The lowest BCUT2D eigenvalue weighted by Crippen LogP contribution is -2.34. The number of carbonyl (C=O) groups excluding carboxylic acids is 1. The number of halogens is 1. The van der Waals surface area contributed by atoms with Crippen molar-refractivity contribution in [2.75, 3.05) is 26.7 Å². The molecule has 0 saturated carbocycles. The lowest BCUT2D eigenvalue weighted by molar-refractivity contribution is -0.140. The van der Waals surface area contributed by atoms with Crippen molar-refractivity contribution in [2.45, 2.75) is 37.9 Å². The molecule has 0 N–H and O–H groups in total. The Morgan fingerprint density at radius 3 is 2.56 bits per heavy atom. The number of methoxy groups -OCH3 is 1. The molecule has 3 nitrogen and oxygen atoms in total. The molecule has 1 aliphatic rings. The number of esters is 1. The van der Waals surface area contributed by atoms with Gasteiger partial charge in [-0.25, -0.2) is 0 Å². The quantitative estimate of drug-likeness (QED) is 0.576. The number of alkyl halides is 1. The molecule has 1 unspecified atom stereocenters. The first-order valence-electron chi connectivity index (χ1n) is 6.01. The third-order valence-corrected chi connectivity index (χ3v) is 4.56. The van der Waals surface area contributed by atoms with Gasteiger partial charge in [-0.2, -0.15) is 0 Å². The van der Waals surface area contributed by atoms with Crippen LogP contribution in [0.3, 0.4) is 0 Å². The number of likely N-dealkylation sites (tertiary alicyclic amines) is 1. The first kappa shape index (κ1) is 14.0. The second-order valence-corrected chi connectivity index (χ2v) is 5.79. The molecule has 1 atom stereocenters. The summed E-state index contributed by atoms with van der Waals surface area (Å²) in [6.07, 6.45) is 3.71. The van der Waals surface area contributed by atoms with Gasteiger partial charge in [-0.3, -0.25) is 4.79 Å². The van der Waals surface area contributed by atoms with Crippen LogP contribution in [0.25, 0.3) is 0 Å². The number of hydrogen-bond acceptors (Lipinski definition) is 3. The van der Waals surface area contributed by atoms with Crippen LogP contribution in [-0.4, -0.2) is 42.4 Å². The highest BCUT2D eigenvalue weighted by Gasteiger charge is 2.36. The van der Waals surface area contributed by atoms with Crippen LogP contribution < -0.4 is 0 Å². The third-order valence-electron chi connectivity index (χ3n) is 3.89. The summed E-state index contributed by atoms with van der Waals surface area (Å²) < 4.78 is 4.71. The lowest BCUT2D eigenvalue weighted by atomic mass is 9.82. The molecule has 1 saturated heterocycles. The van der Waals surface area contributed by atoms with E-state index in [4.69, 9.17) is 4.74 Å². The zero-order valence-electron chi connectivity index (χ0n) is 10.5. The van der Waals surface area contributed by atoms with Crippen molar-refractivity contribution in [3.05, 3.63) is 0 Å². The number of carbonyl (C=O) groups is 1. The van der Waals surface area contributed by atoms with Crippen molar-refractivity contribution < 1.29 is 9.53 Å². The Kier molecular flexibility index (Phi) is 5.25. The Labute approximate surface area is 107 Å². The monoisotopic (exact) mass is 291 g/mol. The van der Waals surface area contributed by atoms with Gasteiger partial charge in [-0.1, -0.05) is 29.8 Å². The fraction of sp³-hybridized carbons (Fsp3) is 0.917. The molecule has 94 valence electrons. The Bertz CT molecular complexity index is 241. The lowest BCUT2D eigenvalue weighted by Gasteiger charge is -2.27. The molecule has 0 aromatic heterocycles. The summed E-state index contributed by atoms with van der Waals surface area (Å²) in [5, 5.41) is 0. The van der Waals surface area contributed by atoms with Crippen molar-refractivity contribution in [3.8, 4) is 0 Å². The maximum Gasteiger partial charge on any atom is 0.320 e. The fourth-order valence-electron chi connectivity index (χ4n) is 2.44. The topological polar surface area (TPSA) is 29.5 Å². The number of nitrogens with zero attached hydrogens (tertiary/aromatic N) is 1. The predicted octanol–water partition coefficient (Wildman–Crippen LogP) is 2.44. The van der Waals surface area contributed by atoms with Crippen LogP contribution >= 0.6 is 15.9 Å². The molecule has 1 fully saturated rings. The first-order valence-corrected chi connectivity index (χ1v) is 6.92. The smallest absolute Gasteiger partial charge is 0.320 e. The van der Waals surface area contributed by atoms with Crippen LogP contribution in [0.15, 0.2) is 0 Å². The molecule has 0 spiro atoms. The Balaban J connectivity index is 2.45. The number of hydrogen-bond donors (Lipinski definition) is 0. The van der Waals surface area contributed by atoms with Crippen LogP contribution in [0.1, 0.15) is 33.1 Å². The van der Waals surface area contributed by atoms with Crippen molar-refractivity contribution in [2.24, 2.45) is 5.41 Å². The van der Waals surface area contributed by atoms with E-state index in [2.05, 4.69) is 34.7 Å². The van der Waals surface area contributed by atoms with Gasteiger partial charge >= 0.3 is 5.97 Å². The molecule has 0 radical (unpaired) electrons. The van der Waals surface area contributed by atoms with E-state index in [0.717, 1.165) is 19.6 Å². The Morgan fingerprint density at radius 1 is 1.50 bits per heavy atom. The summed E-state index contributed by atoms with van der Waals surface area (Å²) in [5.41, 5.74) is 0.475. The summed E-state index contributed by atoms with van der Waals surface area (Å²) in [7, 11) is 1.43. The van der Waals surface area contributed by atoms with E-state index in [1.54, 1.807) is 0 Å². The molecule has 0 amide bonds. The van der Waals surface area contributed by atoms with E-state index in [-0.39, 0.29) is 10.8 Å². The van der Waals surface area contributed by atoms with Gasteiger partial charge in [-0.05, 0) is 31.2 Å². The van der Waals surface area contributed by atoms with Crippen molar-refractivity contribution >= 4 is 21.9 Å². The zero-order chi connectivity index (χ0) is 12.2. The normalized spacial score (nSPS) is 22.0. The van der Waals surface area contributed by atoms with Crippen LogP contribution in [0.4, 0.5) is 0 Å². The van der Waals surface area contributed by atoms with E-state index in [1.807, 2.05) is 0 Å². The van der Waals surface area contributed by atoms with E-state index in [1.165, 1.54) is 26.4 Å². The summed E-state index contributed by atoms with van der Waals surface area (Å²) in [6.45, 7) is 7.49. The van der Waals surface area contributed by atoms with Gasteiger partial charge in [0.1, 0.15) is 4.83 Å². The molecule has 0 aliphatic carbocycles. The highest BCUT2D eigenvalue weighted by Crippen LogP contribution is 2.37. The molecular formula is C12H22BrNO2. The highest BCUT2D eigenvalue weighted by molar-refractivity contribution is 9.10. The maximum atomic E-state index is 11.3. The highest BCUT2D eigenvalue weighted by atomic mass is 79.9. The second-order valence-electron chi connectivity index (χ2n) is 4.68. The average Bonchev–Trinajstić information content (AvgIpc) is 2.72. The van der Waals surface area contributed by atoms with Crippen molar-refractivity contribution in [1.29, 1.82) is 0 Å². The standard InChI is InChI=1S/C12H22BrNO2/c1-4-12(5-2)6-7-14(9-12)8-10(13)11(15)16-3/h10H,4-9H2,1-3H3. The fourth-order valence-corrected chi connectivity index (χ4v) is 3.04. The Hall–Kier alpha value is -0.0900. The summed E-state index contributed by atoms with van der Waals surface area (Å²) >= 11 is 3.38. The predicted molar refractivity (Wildman–Crippen MR) is 68.8 cm³/mol. The van der Waals surface area contributed by atoms with Crippen LogP contribution in [0.5, 0.6) is 0 Å². The minimum absolute atomic E-state index is 0.175. The zero-order valence-corrected chi connectivity index (χ0v) is 12.0. The van der Waals surface area contributed by atoms with E-state index < -0.39 is 0 Å². The number of rotatable bonds is 5. The summed E-state index contributed by atoms with van der Waals surface area (Å²) in [4.78, 5) is 13.5. The number of ether oxygens (including phenoxy) is 1. The SMILES string of the molecule is CCC1(CC)CCN(CC(Br)C(=O)OC)C1. The third kappa shape index (κ3) is 3.20. The van der Waals surface area contributed by atoms with E-state index in [0.29, 0.717) is 5.41 Å². The van der Waals surface area contributed by atoms with Gasteiger partial charge in [0.2, 0.25) is 0 Å². The molecule has 1 rings (SSSR count). The molecule has 0 aromatic carbocycles. The molecule has 1 heterocycles. The van der Waals surface area contributed by atoms with Crippen LogP contribution in [0, 0.1) is 5.41 Å². The van der Waals surface area contributed by atoms with E-state index >= 15 is 0 Å². The van der Waals surface area contributed by atoms with Crippen LogP contribution in [-0.2, 0) is 9.53 Å². The molecule has 0 bridgehead atoms. The van der Waals surface area contributed by atoms with Gasteiger partial charge < -0.3 is 9.64 Å². The van der Waals surface area contributed by atoms with Crippen LogP contribution in [0.2, 0.25) is 0 Å². The van der Waals surface area contributed by atoms with E-state index in [9.17, 15) is 4.79 Å². The Morgan fingerprint density at radius 2 is 2.12 bits per heavy atom. The summed E-state index contributed by atoms with van der Waals surface area (Å²) in [5.74, 6) is -0.175. The van der Waals surface area contributed by atoms with Gasteiger partial charge in [-0.15, -0.1) is 0 Å². The molecule has 16 heavy (non-hydrogen) atoms. The van der Waals surface area contributed by atoms with Gasteiger partial charge in [0.25, 0.3) is 0 Å². The molecule has 0 aromatic rings. The maximum absolute atomic E-state index is 11.3. The van der Waals surface area contributed by atoms with Crippen molar-refractivity contribution in [3.63, 3.8) is 0 Å². The second kappa shape index (κ2) is 6.01. The summed E-state index contributed by atoms with van der Waals surface area (Å²) in [6, 6.07) is 0. The molecular weight excluding hydrogens is 270 g/mol. The van der Waals surface area contributed by atoms with Gasteiger partial charge in [0, 0.05) is 13.1 Å². The minimum Gasteiger partial charge on any atom is -0.468 e. The minimum atomic E-state index is -0.193.